The van der Waals surface area contributed by atoms with Gasteiger partial charge in [0, 0.05) is 32.2 Å². The summed E-state index contributed by atoms with van der Waals surface area (Å²) in [5.74, 6) is 0.0936. The normalized spacial score (nSPS) is 21.5. The van der Waals surface area contributed by atoms with Gasteiger partial charge >= 0.3 is 0 Å². The van der Waals surface area contributed by atoms with Gasteiger partial charge in [0.25, 0.3) is 5.91 Å². The van der Waals surface area contributed by atoms with Crippen LogP contribution in [-0.2, 0) is 12.8 Å². The number of carbonyl (C=O) groups excluding carboxylic acids is 1. The first kappa shape index (κ1) is 15.7. The maximum Gasteiger partial charge on any atom is 0.266 e. The number of hydrogen-bond acceptors (Lipinski definition) is 4. The molecule has 1 aliphatic carbocycles. The number of aryl methyl sites for hydroxylation is 1. The summed E-state index contributed by atoms with van der Waals surface area (Å²) in [4.78, 5) is 17.8. The van der Waals surface area contributed by atoms with Crippen molar-refractivity contribution in [2.75, 3.05) is 31.9 Å². The number of carbonyl (C=O) groups is 1. The molecule has 2 heterocycles. The van der Waals surface area contributed by atoms with E-state index in [1.54, 1.807) is 0 Å². The van der Waals surface area contributed by atoms with Crippen molar-refractivity contribution in [3.05, 3.63) is 51.7 Å². The number of piperazine rings is 1. The van der Waals surface area contributed by atoms with Crippen LogP contribution < -0.4 is 5.73 Å². The summed E-state index contributed by atoms with van der Waals surface area (Å²) in [6.45, 7) is 3.52. The molecule has 0 bridgehead atoms. The summed E-state index contributed by atoms with van der Waals surface area (Å²) in [5.41, 5.74) is 9.51. The quantitative estimate of drug-likeness (QED) is 0.913. The average Bonchev–Trinajstić information content (AvgIpc) is 3.07. The molecule has 1 saturated heterocycles. The molecule has 126 valence electrons. The summed E-state index contributed by atoms with van der Waals surface area (Å²) in [7, 11) is 0. The highest BCUT2D eigenvalue weighted by Crippen LogP contribution is 2.26. The molecule has 4 rings (SSSR count). The van der Waals surface area contributed by atoms with Crippen molar-refractivity contribution in [3.63, 3.8) is 0 Å². The lowest BCUT2D eigenvalue weighted by Crippen LogP contribution is -2.53. The summed E-state index contributed by atoms with van der Waals surface area (Å²) in [6.07, 6.45) is 3.54. The second-order valence-electron chi connectivity index (χ2n) is 6.70. The molecule has 2 aliphatic rings. The first-order valence-corrected chi connectivity index (χ1v) is 9.53. The molecule has 1 fully saturated rings. The number of nitrogens with two attached hydrogens (primary N) is 1. The van der Waals surface area contributed by atoms with Crippen molar-refractivity contribution >= 4 is 22.9 Å². The molecule has 0 saturated carbocycles. The number of thiophene rings is 1. The van der Waals surface area contributed by atoms with Gasteiger partial charge in [0.1, 0.15) is 4.88 Å². The number of rotatable bonds is 2. The zero-order chi connectivity index (χ0) is 16.5. The van der Waals surface area contributed by atoms with Gasteiger partial charge in [-0.2, -0.15) is 0 Å². The fourth-order valence-corrected chi connectivity index (χ4v) is 4.70. The second-order valence-corrected chi connectivity index (χ2v) is 7.61. The lowest BCUT2D eigenvalue weighted by Gasteiger charge is -2.41. The van der Waals surface area contributed by atoms with Gasteiger partial charge < -0.3 is 10.6 Å². The highest BCUT2D eigenvalue weighted by Gasteiger charge is 2.29. The lowest BCUT2D eigenvalue weighted by molar-refractivity contribution is 0.0558. The first-order chi connectivity index (χ1) is 11.7. The fraction of sp³-hybridized carbons (Fsp3) is 0.421. The Balaban J connectivity index is 1.37. The predicted octanol–water partition coefficient (Wildman–Crippen LogP) is 2.65. The number of benzene rings is 1. The van der Waals surface area contributed by atoms with E-state index in [4.69, 9.17) is 5.73 Å². The largest absolute Gasteiger partial charge is 0.397 e. The minimum atomic E-state index is 0.0936. The van der Waals surface area contributed by atoms with Gasteiger partial charge in [-0.15, -0.1) is 11.3 Å². The zero-order valence-electron chi connectivity index (χ0n) is 13.8. The Morgan fingerprint density at radius 3 is 2.54 bits per heavy atom. The van der Waals surface area contributed by atoms with E-state index in [2.05, 4.69) is 29.2 Å². The van der Waals surface area contributed by atoms with Gasteiger partial charge in [-0.25, -0.2) is 0 Å². The monoisotopic (exact) mass is 341 g/mol. The summed E-state index contributed by atoms with van der Waals surface area (Å²) < 4.78 is 0. The van der Waals surface area contributed by atoms with Crippen LogP contribution in [0.4, 0.5) is 5.69 Å². The van der Waals surface area contributed by atoms with E-state index < -0.39 is 0 Å². The van der Waals surface area contributed by atoms with E-state index in [-0.39, 0.29) is 5.91 Å². The topological polar surface area (TPSA) is 49.6 Å². The minimum absolute atomic E-state index is 0.0936. The van der Waals surface area contributed by atoms with Gasteiger partial charge in [0.05, 0.1) is 5.69 Å². The van der Waals surface area contributed by atoms with Crippen LogP contribution in [0.1, 0.15) is 27.2 Å². The number of anilines is 1. The predicted molar refractivity (Wildman–Crippen MR) is 98.5 cm³/mol. The summed E-state index contributed by atoms with van der Waals surface area (Å²) in [5, 5.41) is 1.89. The molecule has 1 aliphatic heterocycles. The SMILES string of the molecule is Nc1ccsc1C(=O)N1CCN(C2CCc3ccccc3C2)CC1. The van der Waals surface area contributed by atoms with E-state index in [0.717, 1.165) is 32.6 Å². The van der Waals surface area contributed by atoms with Gasteiger partial charge in [0.15, 0.2) is 0 Å². The van der Waals surface area contributed by atoms with E-state index in [1.807, 2.05) is 16.3 Å². The van der Waals surface area contributed by atoms with Gasteiger partial charge in [0.2, 0.25) is 0 Å². The van der Waals surface area contributed by atoms with E-state index in [9.17, 15) is 4.79 Å². The zero-order valence-corrected chi connectivity index (χ0v) is 14.6. The fourth-order valence-electron chi connectivity index (χ4n) is 3.92. The van der Waals surface area contributed by atoms with Gasteiger partial charge in [-0.1, -0.05) is 24.3 Å². The van der Waals surface area contributed by atoms with Crippen molar-refractivity contribution < 1.29 is 4.79 Å². The summed E-state index contributed by atoms with van der Waals surface area (Å²) in [6, 6.07) is 11.2. The molecule has 0 spiro atoms. The number of fused-ring (bicyclic) bond motifs is 1. The van der Waals surface area contributed by atoms with Crippen LogP contribution in [0.15, 0.2) is 35.7 Å². The molecular weight excluding hydrogens is 318 g/mol. The van der Waals surface area contributed by atoms with Crippen LogP contribution in [-0.4, -0.2) is 47.9 Å². The average molecular weight is 341 g/mol. The Labute approximate surface area is 146 Å². The van der Waals surface area contributed by atoms with Crippen LogP contribution in [0.3, 0.4) is 0 Å². The number of nitrogens with zero attached hydrogens (tertiary/aromatic N) is 2. The Morgan fingerprint density at radius 1 is 1.08 bits per heavy atom. The van der Waals surface area contributed by atoms with E-state index >= 15 is 0 Å². The number of hydrogen-bond donors (Lipinski definition) is 1. The van der Waals surface area contributed by atoms with E-state index in [1.165, 1.54) is 35.3 Å². The van der Waals surface area contributed by atoms with Gasteiger partial charge in [-0.3, -0.25) is 9.69 Å². The maximum atomic E-state index is 12.6. The van der Waals surface area contributed by atoms with Crippen LogP contribution in [0.2, 0.25) is 0 Å². The molecule has 1 aromatic heterocycles. The van der Waals surface area contributed by atoms with Crippen LogP contribution >= 0.6 is 11.3 Å². The molecule has 2 N–H and O–H groups in total. The Kier molecular flexibility index (Phi) is 4.29. The summed E-state index contributed by atoms with van der Waals surface area (Å²) >= 11 is 1.44. The lowest BCUT2D eigenvalue weighted by atomic mass is 9.87. The molecule has 0 radical (unpaired) electrons. The van der Waals surface area contributed by atoms with Gasteiger partial charge in [-0.05, 0) is 41.8 Å². The third-order valence-corrected chi connectivity index (χ3v) is 6.25. The highest BCUT2D eigenvalue weighted by molar-refractivity contribution is 7.12. The number of amides is 1. The van der Waals surface area contributed by atoms with E-state index in [0.29, 0.717) is 16.6 Å². The van der Waals surface area contributed by atoms with Crippen molar-refractivity contribution in [2.45, 2.75) is 25.3 Å². The Bertz CT molecular complexity index is 734. The molecule has 1 unspecified atom stereocenters. The highest BCUT2D eigenvalue weighted by atomic mass is 32.1. The third-order valence-electron chi connectivity index (χ3n) is 5.33. The molecule has 5 heteroatoms. The minimum Gasteiger partial charge on any atom is -0.397 e. The number of nitrogen functional groups attached to an aromatic ring is 1. The second kappa shape index (κ2) is 6.57. The maximum absolute atomic E-state index is 12.6. The Morgan fingerprint density at radius 2 is 1.83 bits per heavy atom. The molecule has 4 nitrogen and oxygen atoms in total. The van der Waals surface area contributed by atoms with Crippen molar-refractivity contribution in [2.24, 2.45) is 0 Å². The molecular formula is C19H23N3OS. The standard InChI is InChI=1S/C19H23N3OS/c20-17-7-12-24-18(17)19(23)22-10-8-21(9-11-22)16-6-5-14-3-1-2-4-15(14)13-16/h1-4,7,12,16H,5-6,8-11,13,20H2. The van der Waals surface area contributed by atoms with Crippen molar-refractivity contribution in [1.82, 2.24) is 9.80 Å². The van der Waals surface area contributed by atoms with Crippen molar-refractivity contribution in [3.8, 4) is 0 Å². The molecule has 1 aromatic carbocycles. The Hall–Kier alpha value is -1.85. The van der Waals surface area contributed by atoms with Crippen molar-refractivity contribution in [1.29, 1.82) is 0 Å². The van der Waals surface area contributed by atoms with Crippen LogP contribution in [0.5, 0.6) is 0 Å². The molecule has 2 aromatic rings. The van der Waals surface area contributed by atoms with Crippen LogP contribution in [0.25, 0.3) is 0 Å². The first-order valence-electron chi connectivity index (χ1n) is 8.65. The van der Waals surface area contributed by atoms with Crippen LogP contribution in [0, 0.1) is 0 Å². The smallest absolute Gasteiger partial charge is 0.266 e. The molecule has 1 amide bonds. The third kappa shape index (κ3) is 2.94. The molecule has 24 heavy (non-hydrogen) atoms. The molecule has 1 atom stereocenters.